The standard InChI is InChI=1S/2C41H31NOP.C39H31BNSi2.C5H8O2.3Ir/c2*1-40(2)31-19-26-12-5-7-14-28(26)23-37(31)44(43)38-24-29-15-8-6-13-27(29)20-32(38)41(3,4)34-22-30(21-33(40)39(34)44)36-18-17-25-11-9-10-16-35(25)42-36;1-42(2)35-21-28-14-7-5-12-26(28)19-31(35)40-32-20-27-13-6-8-15-29(27)22-36(32)43(3,4)38-24-30(23-37(42)39(38)40)34-18-17-25-11-9-10-16-33(25)41-34;1-4(6)3-5(2)7;;;/h2*5-21,23-24H,1-4H3;5-23H,1-4H3;3,6H,1-2H3;;;/q3*-1;;;;. The molecule has 0 bridgehead atoms. The fraction of sp³-hybridized carbons (Fsp3) is 0.143. The van der Waals surface area contributed by atoms with E-state index >= 15 is 9.13 Å². The molecule has 2 atom stereocenters. The summed E-state index contributed by atoms with van der Waals surface area (Å²) in [7, 11) is -10.8. The van der Waals surface area contributed by atoms with Crippen molar-refractivity contribution in [3.8, 4) is 33.8 Å². The summed E-state index contributed by atoms with van der Waals surface area (Å²) in [6.07, 6.45) is 1.17. The van der Waals surface area contributed by atoms with Gasteiger partial charge in [-0.05, 0) is 222 Å². The van der Waals surface area contributed by atoms with E-state index in [0.29, 0.717) is 0 Å². The van der Waals surface area contributed by atoms with E-state index in [0.717, 1.165) is 170 Å². The van der Waals surface area contributed by atoms with Gasteiger partial charge in [0, 0.05) is 87.6 Å². The van der Waals surface area contributed by atoms with Gasteiger partial charge < -0.3 is 14.2 Å². The zero-order valence-corrected chi connectivity index (χ0v) is 91.9. The van der Waals surface area contributed by atoms with Crippen molar-refractivity contribution >= 4 is 209 Å². The van der Waals surface area contributed by atoms with Crippen LogP contribution in [0.2, 0.25) is 26.2 Å². The first-order chi connectivity index (χ1) is 66.3. The molecule has 2 unspecified atom stereocenters. The zero-order valence-electron chi connectivity index (χ0n) is 81.0. The number of hydrogen-bond donors (Lipinski definition) is 1. The van der Waals surface area contributed by atoms with E-state index in [4.69, 9.17) is 20.1 Å². The van der Waals surface area contributed by atoms with Crippen molar-refractivity contribution in [3.63, 3.8) is 0 Å². The van der Waals surface area contributed by atoms with Gasteiger partial charge in [-0.15, -0.1) is 91.2 Å². The number of aliphatic hydroxyl groups excluding tert-OH is 1. The number of aromatic nitrogens is 3. The number of hydrogen-bond acceptors (Lipinski definition) is 7. The van der Waals surface area contributed by atoms with Crippen LogP contribution in [0.5, 0.6) is 0 Å². The van der Waals surface area contributed by atoms with Crippen molar-refractivity contribution in [1.29, 1.82) is 0 Å². The molecule has 15 heteroatoms. The van der Waals surface area contributed by atoms with Gasteiger partial charge in [-0.1, -0.05) is 374 Å². The summed E-state index contributed by atoms with van der Waals surface area (Å²) < 4.78 is 32.8. The molecule has 3 aromatic heterocycles. The van der Waals surface area contributed by atoms with E-state index in [1.54, 1.807) is 21.0 Å². The Morgan fingerprint density at radius 2 is 0.582 bits per heavy atom. The maximum absolute atomic E-state index is 16.4. The van der Waals surface area contributed by atoms with E-state index in [-0.39, 0.29) is 89.4 Å². The number of carbonyl (C=O) groups is 1. The van der Waals surface area contributed by atoms with E-state index in [2.05, 4.69) is 421 Å². The topological polar surface area (TPSA) is 110 Å². The number of pyridine rings is 3. The van der Waals surface area contributed by atoms with Crippen molar-refractivity contribution in [2.45, 2.75) is 117 Å². The normalized spacial score (nSPS) is 17.2. The Labute approximate surface area is 866 Å². The van der Waals surface area contributed by atoms with Crippen LogP contribution in [-0.2, 0) is 95.9 Å². The van der Waals surface area contributed by atoms with E-state index in [9.17, 15) is 4.79 Å². The molecule has 0 saturated heterocycles. The third-order valence-electron chi connectivity index (χ3n) is 31.3. The second-order valence-electron chi connectivity index (χ2n) is 41.9. The van der Waals surface area contributed by atoms with Crippen LogP contribution in [0.3, 0.4) is 0 Å². The first-order valence-corrected chi connectivity index (χ1v) is 57.4. The zero-order chi connectivity index (χ0) is 95.0. The fourth-order valence-corrected chi connectivity index (χ4v) is 38.6. The number of fused-ring (bicyclic) bond motifs is 21. The first-order valence-electron chi connectivity index (χ1n) is 48.0. The maximum Gasteiger partial charge on any atom is 0.190 e. The summed E-state index contributed by atoms with van der Waals surface area (Å²) in [4.78, 5) is 25.4. The predicted octanol–water partition coefficient (Wildman–Crippen LogP) is 23.7. The van der Waals surface area contributed by atoms with Crippen molar-refractivity contribution in [1.82, 2.24) is 15.0 Å². The Morgan fingerprint density at radius 1 is 0.312 bits per heavy atom. The Balaban J connectivity index is 0.000000120. The van der Waals surface area contributed by atoms with Gasteiger partial charge in [-0.2, -0.15) is 0 Å². The molecule has 27 rings (SSSR count). The Bertz CT molecular complexity index is 8400. The summed E-state index contributed by atoms with van der Waals surface area (Å²) in [5.74, 6) is -0.0625. The van der Waals surface area contributed by atoms with Crippen LogP contribution >= 0.6 is 14.3 Å². The third-order valence-corrected chi connectivity index (χ3v) is 44.7. The minimum atomic E-state index is -3.29. The number of carbonyl (C=O) groups excluding carboxylic acids is 1. The minimum absolute atomic E-state index is 0. The van der Waals surface area contributed by atoms with Gasteiger partial charge >= 0.3 is 0 Å². The van der Waals surface area contributed by atoms with Crippen molar-refractivity contribution in [3.05, 3.63) is 420 Å². The van der Waals surface area contributed by atoms with Crippen molar-refractivity contribution in [2.24, 2.45) is 0 Å². The van der Waals surface area contributed by atoms with Crippen LogP contribution in [-0.4, -0.2) is 48.7 Å². The first kappa shape index (κ1) is 95.1. The van der Waals surface area contributed by atoms with Gasteiger partial charge in [0.1, 0.15) is 14.3 Å². The molecule has 9 heterocycles. The van der Waals surface area contributed by atoms with E-state index in [1.807, 2.05) is 24.3 Å². The summed E-state index contributed by atoms with van der Waals surface area (Å²) >= 11 is 0. The molecule has 1 N–H and O–H groups in total. The van der Waals surface area contributed by atoms with Crippen LogP contribution < -0.4 is 69.0 Å². The molecular weight excluding hydrogens is 2320 g/mol. The number of nitrogens with zero attached hydrogens (tertiary/aromatic N) is 3. The Hall–Kier alpha value is -12.1. The smallest absolute Gasteiger partial charge is 0.190 e. The van der Waals surface area contributed by atoms with Gasteiger partial charge in [0.05, 0.1) is 38.5 Å². The van der Waals surface area contributed by atoms with Crippen LogP contribution in [0, 0.1) is 18.2 Å². The molecule has 0 amide bonds. The summed E-state index contributed by atoms with van der Waals surface area (Å²) in [5, 5.41) is 38.2. The SMILES string of the molecule is CC(=O)C=C(C)O.CC1(C)c2[c-]c(-c3ccc4ccccc4n3)cc3c2P(=O)(c2cc4ccccc4cc21)c1cc2ccccc2cc1C3(C)C.CC1(C)c2[c-]c(-c3ccc4ccccc4n3)cc3c2P(=O)(c2cc4ccccc4cc21)c1cc2ccccc2cc1C3(C)C.C[Si]1(C)c2[c-]c(-c3ccc4ccccc4n3)cc3c2B(c2cc4ccccc4cc21)c1cc2ccccc2cc1[Si]3(C)C.[Ir].[Ir].[Ir]. The number of para-hydroxylation sites is 3. The summed E-state index contributed by atoms with van der Waals surface area (Å²) in [6, 6.07) is 136. The average molecular weight is 2430 g/mol. The number of aliphatic hydroxyl groups is 1. The van der Waals surface area contributed by atoms with Crippen LogP contribution in [0.1, 0.15) is 114 Å². The van der Waals surface area contributed by atoms with Gasteiger partial charge in [-0.3, -0.25) is 19.7 Å². The molecule has 18 aromatic carbocycles. The second-order valence-corrected chi connectivity index (χ2v) is 55.8. The molecule has 6 aliphatic rings. The number of rotatable bonds is 4. The summed E-state index contributed by atoms with van der Waals surface area (Å²) in [6.45, 7) is 31.6. The maximum atomic E-state index is 16.4. The molecule has 3 radical (unpaired) electrons. The van der Waals surface area contributed by atoms with Gasteiger partial charge in [0.25, 0.3) is 0 Å². The molecule has 0 spiro atoms. The van der Waals surface area contributed by atoms with Crippen molar-refractivity contribution < 1.29 is 79.3 Å². The number of ketones is 1. The van der Waals surface area contributed by atoms with Gasteiger partial charge in [-0.25, -0.2) is 0 Å². The van der Waals surface area contributed by atoms with Crippen LogP contribution in [0.25, 0.3) is 131 Å². The molecule has 0 saturated carbocycles. The summed E-state index contributed by atoms with van der Waals surface area (Å²) in [5.41, 5.74) is 20.6. The molecule has 21 aromatic rings. The minimum Gasteiger partial charge on any atom is -0.512 e. The largest absolute Gasteiger partial charge is 0.512 e. The molecule has 0 aliphatic carbocycles. The van der Waals surface area contributed by atoms with Crippen molar-refractivity contribution in [2.75, 3.05) is 0 Å². The molecule has 6 aliphatic heterocycles. The fourth-order valence-electron chi connectivity index (χ4n) is 24.0. The van der Waals surface area contributed by atoms with Gasteiger partial charge in [0.2, 0.25) is 0 Å². The van der Waals surface area contributed by atoms with E-state index in [1.165, 1.54) is 73.7 Å². The second kappa shape index (κ2) is 34.6. The predicted molar refractivity (Wildman–Crippen MR) is 588 cm³/mol. The monoisotopic (exact) mass is 2430 g/mol. The average Bonchev–Trinajstić information content (AvgIpc) is 0.738. The molecular formula is C126H101BIr3N3O4P2Si2-3. The Morgan fingerprint density at radius 3 is 0.887 bits per heavy atom. The molecule has 695 valence electrons. The third kappa shape index (κ3) is 14.8. The quantitative estimate of drug-likeness (QED) is 0.0614. The van der Waals surface area contributed by atoms with Crippen LogP contribution in [0.4, 0.5) is 0 Å². The van der Waals surface area contributed by atoms with Gasteiger partial charge in [0.15, 0.2) is 12.5 Å². The molecule has 0 fully saturated rings. The number of allylic oxidation sites excluding steroid dienone is 2. The number of benzene rings is 18. The molecule has 141 heavy (non-hydrogen) atoms. The molecule has 7 nitrogen and oxygen atoms in total. The van der Waals surface area contributed by atoms with Crippen LogP contribution in [0.15, 0.2) is 358 Å². The van der Waals surface area contributed by atoms with E-state index < -0.39 is 41.3 Å². The Kier molecular flexibility index (Phi) is 23.3.